The van der Waals surface area contributed by atoms with Crippen LogP contribution >= 0.6 is 0 Å². The van der Waals surface area contributed by atoms with Crippen molar-refractivity contribution in [2.75, 3.05) is 7.11 Å². The van der Waals surface area contributed by atoms with Crippen LogP contribution in [0, 0.1) is 0 Å². The van der Waals surface area contributed by atoms with E-state index in [1.165, 1.54) is 12.8 Å². The summed E-state index contributed by atoms with van der Waals surface area (Å²) in [4.78, 5) is 11.8. The summed E-state index contributed by atoms with van der Waals surface area (Å²) in [6, 6.07) is 10.0. The third-order valence-electron chi connectivity index (χ3n) is 3.42. The molecule has 2 aromatic rings. The number of methoxy groups -OCH3 is 1. The maximum absolute atomic E-state index is 11.8. The minimum Gasteiger partial charge on any atom is -0.496 e. The van der Waals surface area contributed by atoms with Gasteiger partial charge >= 0.3 is 0 Å². The smallest absolute Gasteiger partial charge is 0.268 e. The molecule has 1 aliphatic rings. The molecule has 5 nitrogen and oxygen atoms in total. The molecule has 0 radical (unpaired) electrons. The lowest BCUT2D eigenvalue weighted by molar-refractivity contribution is 0.416. The lowest BCUT2D eigenvalue weighted by Gasteiger charge is -2.08. The van der Waals surface area contributed by atoms with Crippen LogP contribution in [0.3, 0.4) is 0 Å². The molecule has 0 atom stereocenters. The Kier molecular flexibility index (Phi) is 3.52. The Bertz CT molecular complexity index is 662. The molecule has 3 rings (SSSR count). The van der Waals surface area contributed by atoms with Gasteiger partial charge in [0.1, 0.15) is 5.75 Å². The van der Waals surface area contributed by atoms with Crippen molar-refractivity contribution in [3.05, 3.63) is 46.2 Å². The highest BCUT2D eigenvalue weighted by atomic mass is 16.5. The van der Waals surface area contributed by atoms with Crippen molar-refractivity contribution in [1.29, 1.82) is 0 Å². The number of aromatic amines is 1. The molecule has 1 fully saturated rings. The second-order valence-electron chi connectivity index (χ2n) is 4.96. The summed E-state index contributed by atoms with van der Waals surface area (Å²) in [5, 5.41) is 10.0. The van der Waals surface area contributed by atoms with E-state index in [2.05, 4.69) is 15.5 Å². The molecule has 1 aromatic carbocycles. The summed E-state index contributed by atoms with van der Waals surface area (Å²) < 4.78 is 5.33. The minimum atomic E-state index is -0.142. The zero-order valence-corrected chi connectivity index (χ0v) is 11.3. The van der Waals surface area contributed by atoms with Crippen molar-refractivity contribution in [3.63, 3.8) is 0 Å². The zero-order chi connectivity index (χ0) is 13.9. The number of nitrogens with zero attached hydrogens (tertiary/aromatic N) is 1. The van der Waals surface area contributed by atoms with Gasteiger partial charge in [0.15, 0.2) is 0 Å². The van der Waals surface area contributed by atoms with Crippen molar-refractivity contribution in [1.82, 2.24) is 15.5 Å². The largest absolute Gasteiger partial charge is 0.496 e. The van der Waals surface area contributed by atoms with Crippen LogP contribution in [0.4, 0.5) is 0 Å². The highest BCUT2D eigenvalue weighted by Crippen LogP contribution is 2.27. The van der Waals surface area contributed by atoms with Gasteiger partial charge in [-0.1, -0.05) is 12.1 Å². The van der Waals surface area contributed by atoms with E-state index in [0.29, 0.717) is 18.2 Å². The fourth-order valence-electron chi connectivity index (χ4n) is 2.11. The lowest BCUT2D eigenvalue weighted by atomic mass is 10.1. The molecule has 1 aliphatic carbocycles. The Morgan fingerprint density at radius 1 is 1.40 bits per heavy atom. The lowest BCUT2D eigenvalue weighted by Crippen LogP contribution is -2.23. The summed E-state index contributed by atoms with van der Waals surface area (Å²) in [6.07, 6.45) is 2.39. The monoisotopic (exact) mass is 271 g/mol. The van der Waals surface area contributed by atoms with Gasteiger partial charge in [0.25, 0.3) is 5.56 Å². The van der Waals surface area contributed by atoms with E-state index in [-0.39, 0.29) is 5.56 Å². The van der Waals surface area contributed by atoms with Crippen LogP contribution in [-0.4, -0.2) is 23.3 Å². The first-order valence-electron chi connectivity index (χ1n) is 6.73. The van der Waals surface area contributed by atoms with E-state index in [0.717, 1.165) is 17.0 Å². The summed E-state index contributed by atoms with van der Waals surface area (Å²) in [5.74, 6) is 0.744. The second kappa shape index (κ2) is 5.46. The molecule has 0 unspecified atom stereocenters. The van der Waals surface area contributed by atoms with Gasteiger partial charge in [0, 0.05) is 23.7 Å². The van der Waals surface area contributed by atoms with Crippen LogP contribution in [0.2, 0.25) is 0 Å². The van der Waals surface area contributed by atoms with Gasteiger partial charge in [-0.25, -0.2) is 5.10 Å². The molecule has 104 valence electrons. The van der Waals surface area contributed by atoms with Gasteiger partial charge in [0.2, 0.25) is 0 Å². The average Bonchev–Trinajstić information content (AvgIpc) is 3.30. The molecule has 1 aromatic heterocycles. The van der Waals surface area contributed by atoms with Gasteiger partial charge < -0.3 is 10.1 Å². The molecule has 0 spiro atoms. The minimum absolute atomic E-state index is 0.142. The Morgan fingerprint density at radius 3 is 2.95 bits per heavy atom. The zero-order valence-electron chi connectivity index (χ0n) is 11.3. The van der Waals surface area contributed by atoms with Crippen LogP contribution < -0.4 is 15.6 Å². The molecular weight excluding hydrogens is 254 g/mol. The standard InChI is InChI=1S/C15H17N3O2/c1-20-14-5-3-2-4-12(14)13-8-10(15(19)18-17-13)9-16-11-6-7-11/h2-5,8,11,16H,6-7,9H2,1H3,(H,18,19). The first-order valence-corrected chi connectivity index (χ1v) is 6.73. The van der Waals surface area contributed by atoms with Gasteiger partial charge in [-0.15, -0.1) is 0 Å². The number of H-pyrrole nitrogens is 1. The maximum Gasteiger partial charge on any atom is 0.268 e. The third kappa shape index (κ3) is 2.72. The highest BCUT2D eigenvalue weighted by molar-refractivity contribution is 5.66. The molecule has 0 saturated heterocycles. The average molecular weight is 271 g/mol. The number of aromatic nitrogens is 2. The molecule has 2 N–H and O–H groups in total. The van der Waals surface area contributed by atoms with Gasteiger partial charge in [-0.05, 0) is 31.0 Å². The van der Waals surface area contributed by atoms with Crippen molar-refractivity contribution < 1.29 is 4.74 Å². The van der Waals surface area contributed by atoms with Crippen LogP contribution in [0.1, 0.15) is 18.4 Å². The van der Waals surface area contributed by atoms with Gasteiger partial charge in [0.05, 0.1) is 12.8 Å². The molecule has 0 amide bonds. The summed E-state index contributed by atoms with van der Waals surface area (Å²) in [7, 11) is 1.63. The number of rotatable bonds is 5. The molecule has 1 saturated carbocycles. The number of ether oxygens (including phenoxy) is 1. The second-order valence-corrected chi connectivity index (χ2v) is 4.96. The quantitative estimate of drug-likeness (QED) is 0.868. The SMILES string of the molecule is COc1ccccc1-c1cc(CNC2CC2)c(=O)[nH]n1. The molecule has 20 heavy (non-hydrogen) atoms. The Labute approximate surface area is 117 Å². The van der Waals surface area contributed by atoms with Crippen molar-refractivity contribution in [2.45, 2.75) is 25.4 Å². The van der Waals surface area contributed by atoms with Crippen LogP contribution in [0.5, 0.6) is 5.75 Å². The Balaban J connectivity index is 1.92. The normalized spacial score (nSPS) is 14.2. The molecular formula is C15H17N3O2. The van der Waals surface area contributed by atoms with E-state index < -0.39 is 0 Å². The van der Waals surface area contributed by atoms with Gasteiger partial charge in [-0.2, -0.15) is 5.10 Å². The van der Waals surface area contributed by atoms with Crippen LogP contribution in [0.15, 0.2) is 35.1 Å². The maximum atomic E-state index is 11.8. The topological polar surface area (TPSA) is 67.0 Å². The first-order chi connectivity index (χ1) is 9.78. The summed E-state index contributed by atoms with van der Waals surface area (Å²) in [6.45, 7) is 0.574. The molecule has 0 aliphatic heterocycles. The van der Waals surface area contributed by atoms with E-state index >= 15 is 0 Å². The Hall–Kier alpha value is -2.14. The molecule has 5 heteroatoms. The van der Waals surface area contributed by atoms with Crippen LogP contribution in [0.25, 0.3) is 11.3 Å². The van der Waals surface area contributed by atoms with Crippen molar-refractivity contribution in [3.8, 4) is 17.0 Å². The predicted octanol–water partition coefficient (Wildman–Crippen LogP) is 1.70. The molecule has 0 bridgehead atoms. The number of nitrogens with one attached hydrogen (secondary N) is 2. The van der Waals surface area contributed by atoms with Crippen molar-refractivity contribution >= 4 is 0 Å². The van der Waals surface area contributed by atoms with Gasteiger partial charge in [-0.3, -0.25) is 4.79 Å². The van der Waals surface area contributed by atoms with Crippen LogP contribution in [-0.2, 0) is 6.54 Å². The summed E-state index contributed by atoms with van der Waals surface area (Å²) in [5.41, 5.74) is 2.15. The van der Waals surface area contributed by atoms with E-state index in [4.69, 9.17) is 4.74 Å². The predicted molar refractivity (Wildman–Crippen MR) is 76.7 cm³/mol. The number of hydrogen-bond acceptors (Lipinski definition) is 4. The summed E-state index contributed by atoms with van der Waals surface area (Å²) >= 11 is 0. The Morgan fingerprint density at radius 2 is 2.20 bits per heavy atom. The number of benzene rings is 1. The van der Waals surface area contributed by atoms with E-state index in [1.54, 1.807) is 7.11 Å². The van der Waals surface area contributed by atoms with Crippen molar-refractivity contribution in [2.24, 2.45) is 0 Å². The molecule has 1 heterocycles. The third-order valence-corrected chi connectivity index (χ3v) is 3.42. The number of hydrogen-bond donors (Lipinski definition) is 2. The fraction of sp³-hybridized carbons (Fsp3) is 0.333. The first kappa shape index (κ1) is 12.9. The van der Waals surface area contributed by atoms with E-state index in [1.807, 2.05) is 30.3 Å². The number of para-hydroxylation sites is 1. The highest BCUT2D eigenvalue weighted by Gasteiger charge is 2.20. The van der Waals surface area contributed by atoms with E-state index in [9.17, 15) is 4.79 Å². The fourth-order valence-corrected chi connectivity index (χ4v) is 2.11.